The summed E-state index contributed by atoms with van der Waals surface area (Å²) in [4.78, 5) is 0. The van der Waals surface area contributed by atoms with Crippen molar-refractivity contribution in [1.82, 2.24) is 5.32 Å². The van der Waals surface area contributed by atoms with Crippen molar-refractivity contribution < 1.29 is 19.0 Å². The third-order valence-electron chi connectivity index (χ3n) is 3.79. The van der Waals surface area contributed by atoms with Crippen LogP contribution in [0, 0.1) is 5.82 Å². The molecule has 2 atom stereocenters. The lowest BCUT2D eigenvalue weighted by atomic mass is 10.1. The predicted molar refractivity (Wildman–Crippen MR) is 87.3 cm³/mol. The van der Waals surface area contributed by atoms with Crippen LogP contribution in [0.5, 0.6) is 11.5 Å². The van der Waals surface area contributed by atoms with Crippen LogP contribution in [0.3, 0.4) is 0 Å². The Balaban J connectivity index is 1.96. The van der Waals surface area contributed by atoms with Gasteiger partial charge in [-0.05, 0) is 30.7 Å². The summed E-state index contributed by atoms with van der Waals surface area (Å²) >= 11 is 0. The van der Waals surface area contributed by atoms with Gasteiger partial charge in [-0.2, -0.15) is 0 Å². The Morgan fingerprint density at radius 3 is 2.22 bits per heavy atom. The Labute approximate surface area is 135 Å². The predicted octanol–water partition coefficient (Wildman–Crippen LogP) is 3.23. The summed E-state index contributed by atoms with van der Waals surface area (Å²) in [6.07, 6.45) is -0.676. The average Bonchev–Trinajstić information content (AvgIpc) is 2.59. The molecule has 0 radical (unpaired) electrons. The van der Waals surface area contributed by atoms with Gasteiger partial charge in [0.25, 0.3) is 0 Å². The van der Waals surface area contributed by atoms with E-state index in [0.29, 0.717) is 17.9 Å². The van der Waals surface area contributed by atoms with Gasteiger partial charge in [-0.15, -0.1) is 0 Å². The topological polar surface area (TPSA) is 50.7 Å². The van der Waals surface area contributed by atoms with Gasteiger partial charge >= 0.3 is 0 Å². The number of nitrogens with one attached hydrogen (secondary N) is 1. The van der Waals surface area contributed by atoms with Gasteiger partial charge in [0.15, 0.2) is 0 Å². The molecule has 5 heteroatoms. The van der Waals surface area contributed by atoms with Gasteiger partial charge in [-0.1, -0.05) is 18.2 Å². The summed E-state index contributed by atoms with van der Waals surface area (Å²) < 4.78 is 24.1. The first-order valence-corrected chi connectivity index (χ1v) is 7.44. The van der Waals surface area contributed by atoms with E-state index in [1.165, 1.54) is 13.2 Å². The lowest BCUT2D eigenvalue weighted by Gasteiger charge is -2.19. The minimum Gasteiger partial charge on any atom is -0.497 e. The molecule has 0 saturated carbocycles. The SMILES string of the molecule is COc1ccc(C(O)CNC(C)c2ccc(OC)cc2F)cc1. The highest BCUT2D eigenvalue weighted by molar-refractivity contribution is 5.31. The number of aliphatic hydroxyl groups is 1. The zero-order chi connectivity index (χ0) is 16.8. The third kappa shape index (κ3) is 4.43. The maximum Gasteiger partial charge on any atom is 0.131 e. The van der Waals surface area contributed by atoms with E-state index < -0.39 is 6.10 Å². The van der Waals surface area contributed by atoms with Crippen LogP contribution in [0.25, 0.3) is 0 Å². The van der Waals surface area contributed by atoms with Crippen LogP contribution in [-0.4, -0.2) is 25.9 Å². The van der Waals surface area contributed by atoms with E-state index in [1.807, 2.05) is 19.1 Å². The molecule has 0 amide bonds. The zero-order valence-electron chi connectivity index (χ0n) is 13.5. The summed E-state index contributed by atoms with van der Waals surface area (Å²) in [5.74, 6) is 0.891. The van der Waals surface area contributed by atoms with Gasteiger partial charge in [0.2, 0.25) is 0 Å². The number of aliphatic hydroxyl groups excluding tert-OH is 1. The molecule has 2 rings (SSSR count). The molecule has 2 N–H and O–H groups in total. The molecule has 0 spiro atoms. The van der Waals surface area contributed by atoms with Crippen molar-refractivity contribution >= 4 is 0 Å². The summed E-state index contributed by atoms with van der Waals surface area (Å²) in [6.45, 7) is 2.17. The molecule has 23 heavy (non-hydrogen) atoms. The lowest BCUT2D eigenvalue weighted by Crippen LogP contribution is -2.25. The van der Waals surface area contributed by atoms with Gasteiger partial charge in [0, 0.05) is 24.2 Å². The Hall–Kier alpha value is -2.11. The summed E-state index contributed by atoms with van der Waals surface area (Å²) in [5.41, 5.74) is 1.31. The van der Waals surface area contributed by atoms with Crippen molar-refractivity contribution in [2.45, 2.75) is 19.1 Å². The van der Waals surface area contributed by atoms with Crippen LogP contribution in [0.4, 0.5) is 4.39 Å². The number of methoxy groups -OCH3 is 2. The van der Waals surface area contributed by atoms with E-state index in [-0.39, 0.29) is 11.9 Å². The van der Waals surface area contributed by atoms with E-state index in [2.05, 4.69) is 5.32 Å². The van der Waals surface area contributed by atoms with E-state index in [1.54, 1.807) is 31.4 Å². The van der Waals surface area contributed by atoms with Crippen molar-refractivity contribution in [1.29, 1.82) is 0 Å². The van der Waals surface area contributed by atoms with Gasteiger partial charge < -0.3 is 19.9 Å². The molecule has 2 aromatic rings. The van der Waals surface area contributed by atoms with Crippen LogP contribution < -0.4 is 14.8 Å². The Bertz CT molecular complexity index is 631. The largest absolute Gasteiger partial charge is 0.497 e. The molecule has 4 nitrogen and oxygen atoms in total. The normalized spacial score (nSPS) is 13.4. The molecule has 0 fully saturated rings. The van der Waals surface area contributed by atoms with Crippen molar-refractivity contribution in [2.24, 2.45) is 0 Å². The number of hydrogen-bond acceptors (Lipinski definition) is 4. The van der Waals surface area contributed by atoms with E-state index >= 15 is 0 Å². The standard InChI is InChI=1S/C18H22FNO3/c1-12(16-9-8-15(23-3)10-17(16)19)20-11-18(21)13-4-6-14(22-2)7-5-13/h4-10,12,18,20-21H,11H2,1-3H3. The van der Waals surface area contributed by atoms with Crippen molar-refractivity contribution in [3.63, 3.8) is 0 Å². The first-order valence-electron chi connectivity index (χ1n) is 7.44. The molecule has 124 valence electrons. The van der Waals surface area contributed by atoms with Crippen molar-refractivity contribution in [2.75, 3.05) is 20.8 Å². The highest BCUT2D eigenvalue weighted by atomic mass is 19.1. The molecule has 0 aliphatic heterocycles. The fourth-order valence-corrected chi connectivity index (χ4v) is 2.33. The molecule has 0 heterocycles. The quantitative estimate of drug-likeness (QED) is 0.823. The van der Waals surface area contributed by atoms with Crippen LogP contribution in [0.1, 0.15) is 30.2 Å². The summed E-state index contributed by atoms with van der Waals surface area (Å²) in [6, 6.07) is 11.7. The highest BCUT2D eigenvalue weighted by Crippen LogP contribution is 2.23. The third-order valence-corrected chi connectivity index (χ3v) is 3.79. The monoisotopic (exact) mass is 319 g/mol. The number of benzene rings is 2. The number of halogens is 1. The Morgan fingerprint density at radius 2 is 1.65 bits per heavy atom. The summed E-state index contributed by atoms with van der Waals surface area (Å²) in [5, 5.41) is 13.4. The van der Waals surface area contributed by atoms with Gasteiger partial charge in [0.05, 0.1) is 20.3 Å². The number of hydrogen-bond donors (Lipinski definition) is 2. The lowest BCUT2D eigenvalue weighted by molar-refractivity contribution is 0.170. The number of ether oxygens (including phenoxy) is 2. The van der Waals surface area contributed by atoms with E-state index in [4.69, 9.17) is 9.47 Å². The first kappa shape index (κ1) is 17.2. The molecule has 0 aliphatic carbocycles. The zero-order valence-corrected chi connectivity index (χ0v) is 13.5. The smallest absolute Gasteiger partial charge is 0.131 e. The van der Waals surface area contributed by atoms with Crippen LogP contribution in [-0.2, 0) is 0 Å². The summed E-state index contributed by atoms with van der Waals surface area (Å²) in [7, 11) is 3.10. The molecule has 0 saturated heterocycles. The molecule has 0 aromatic heterocycles. The molecule has 0 bridgehead atoms. The van der Waals surface area contributed by atoms with Gasteiger partial charge in [-0.25, -0.2) is 4.39 Å². The molecular weight excluding hydrogens is 297 g/mol. The fraction of sp³-hybridized carbons (Fsp3) is 0.333. The van der Waals surface area contributed by atoms with Gasteiger partial charge in [0.1, 0.15) is 17.3 Å². The molecule has 2 aromatic carbocycles. The van der Waals surface area contributed by atoms with E-state index in [9.17, 15) is 9.50 Å². The Morgan fingerprint density at radius 1 is 1.04 bits per heavy atom. The first-order chi connectivity index (χ1) is 11.0. The second kappa shape index (κ2) is 7.94. The second-order valence-corrected chi connectivity index (χ2v) is 5.31. The van der Waals surface area contributed by atoms with Crippen molar-refractivity contribution in [3.8, 4) is 11.5 Å². The minimum atomic E-state index is -0.676. The van der Waals surface area contributed by atoms with E-state index in [0.717, 1.165) is 11.3 Å². The highest BCUT2D eigenvalue weighted by Gasteiger charge is 2.14. The maximum absolute atomic E-state index is 14.0. The maximum atomic E-state index is 14.0. The Kier molecular flexibility index (Phi) is 5.96. The molecular formula is C18H22FNO3. The second-order valence-electron chi connectivity index (χ2n) is 5.31. The van der Waals surface area contributed by atoms with Gasteiger partial charge in [-0.3, -0.25) is 0 Å². The average molecular weight is 319 g/mol. The molecule has 0 aliphatic rings. The molecule has 2 unspecified atom stereocenters. The van der Waals surface area contributed by atoms with Crippen molar-refractivity contribution in [3.05, 3.63) is 59.4 Å². The number of rotatable bonds is 7. The van der Waals surface area contributed by atoms with Crippen LogP contribution in [0.2, 0.25) is 0 Å². The van der Waals surface area contributed by atoms with Crippen LogP contribution >= 0.6 is 0 Å². The minimum absolute atomic E-state index is 0.228. The fourth-order valence-electron chi connectivity index (χ4n) is 2.33. The van der Waals surface area contributed by atoms with Crippen LogP contribution in [0.15, 0.2) is 42.5 Å².